The van der Waals surface area contributed by atoms with Gasteiger partial charge in [0.15, 0.2) is 10.8 Å². The molecule has 0 spiro atoms. The van der Waals surface area contributed by atoms with Gasteiger partial charge in [-0.05, 0) is 29.8 Å². The van der Waals surface area contributed by atoms with Crippen LogP contribution >= 0.6 is 28.1 Å². The monoisotopic (exact) mass is 373 g/mol. The zero-order valence-electron chi connectivity index (χ0n) is 11.5. The van der Waals surface area contributed by atoms with Gasteiger partial charge < -0.3 is 0 Å². The minimum Gasteiger partial charge on any atom is -0.282 e. The Morgan fingerprint density at radius 1 is 1.05 bits per heavy atom. The molecule has 2 aromatic rings. The average molecular weight is 374 g/mol. The molecule has 1 heterocycles. The summed E-state index contributed by atoms with van der Waals surface area (Å²) in [6, 6.07) is 16.6. The van der Waals surface area contributed by atoms with Gasteiger partial charge in [0.1, 0.15) is 0 Å². The van der Waals surface area contributed by atoms with Crippen molar-refractivity contribution in [3.8, 4) is 0 Å². The molecule has 110 valence electrons. The van der Waals surface area contributed by atoms with Crippen LogP contribution in [0.1, 0.15) is 5.56 Å². The largest absolute Gasteiger partial charge is 0.335 e. The highest BCUT2D eigenvalue weighted by atomic mass is 79.9. The number of nitrogens with zero attached hydrogens (tertiary/aromatic N) is 2. The van der Waals surface area contributed by atoms with Gasteiger partial charge >= 0.3 is 6.03 Å². The van der Waals surface area contributed by atoms with Gasteiger partial charge in [0, 0.05) is 4.47 Å². The summed E-state index contributed by atoms with van der Waals surface area (Å²) in [6.45, 7) is 0.339. The summed E-state index contributed by atoms with van der Waals surface area (Å²) >= 11 is 8.64. The summed E-state index contributed by atoms with van der Waals surface area (Å²) in [5, 5.41) is 8.13. The Balaban J connectivity index is 1.89. The lowest BCUT2D eigenvalue weighted by Gasteiger charge is -2.17. The van der Waals surface area contributed by atoms with E-state index >= 15 is 0 Å². The molecule has 6 heteroatoms. The molecule has 0 unspecified atom stereocenters. The maximum atomic E-state index is 12.6. The first-order valence-electron chi connectivity index (χ1n) is 6.62. The average Bonchev–Trinajstić information content (AvgIpc) is 2.73. The van der Waals surface area contributed by atoms with Gasteiger partial charge in [0.2, 0.25) is 0 Å². The van der Waals surface area contributed by atoms with E-state index in [1.54, 1.807) is 12.1 Å². The summed E-state index contributed by atoms with van der Waals surface area (Å²) in [5.74, 6) is 0.0618. The molecule has 0 saturated carbocycles. The van der Waals surface area contributed by atoms with Crippen LogP contribution in [-0.4, -0.2) is 21.8 Å². The molecule has 0 bridgehead atoms. The maximum absolute atomic E-state index is 12.6. The van der Waals surface area contributed by atoms with E-state index in [2.05, 4.69) is 15.9 Å². The van der Waals surface area contributed by atoms with Gasteiger partial charge in [-0.25, -0.2) is 9.69 Å². The third-order valence-electron chi connectivity index (χ3n) is 3.37. The van der Waals surface area contributed by atoms with Crippen LogP contribution in [0.25, 0.3) is 0 Å². The topological polar surface area (TPSA) is 47.4 Å². The van der Waals surface area contributed by atoms with Crippen molar-refractivity contribution in [1.82, 2.24) is 4.90 Å². The Kier molecular flexibility index (Phi) is 4.04. The van der Waals surface area contributed by atoms with E-state index in [0.29, 0.717) is 12.2 Å². The summed E-state index contributed by atoms with van der Waals surface area (Å²) in [7, 11) is 0. The first-order valence-corrected chi connectivity index (χ1v) is 7.82. The predicted molar refractivity (Wildman–Crippen MR) is 94.3 cm³/mol. The quantitative estimate of drug-likeness (QED) is 0.819. The van der Waals surface area contributed by atoms with E-state index in [0.717, 1.165) is 10.0 Å². The molecule has 0 atom stereocenters. The first-order chi connectivity index (χ1) is 10.6. The summed E-state index contributed by atoms with van der Waals surface area (Å²) < 4.78 is 0.921. The molecule has 0 radical (unpaired) electrons. The number of amides is 2. The molecular formula is C16H12BrN3OS. The molecule has 1 aliphatic heterocycles. The standard InChI is InChI=1S/C16H12BrN3OS/c17-12-6-8-13(9-7-12)20-15(22)14(18)19(16(20)21)10-11-4-2-1-3-5-11/h1-9,18H,10H2. The van der Waals surface area contributed by atoms with Crippen LogP contribution in [0.5, 0.6) is 0 Å². The minimum absolute atomic E-state index is 0.0618. The van der Waals surface area contributed by atoms with E-state index in [-0.39, 0.29) is 16.9 Å². The van der Waals surface area contributed by atoms with Gasteiger partial charge in [-0.1, -0.05) is 58.5 Å². The zero-order valence-corrected chi connectivity index (χ0v) is 13.9. The second-order valence-electron chi connectivity index (χ2n) is 4.82. The lowest BCUT2D eigenvalue weighted by Crippen LogP contribution is -2.32. The number of carbonyl (C=O) groups is 1. The minimum atomic E-state index is -0.291. The number of halogens is 1. The molecule has 22 heavy (non-hydrogen) atoms. The number of anilines is 1. The number of carbonyl (C=O) groups excluding carboxylic acids is 1. The molecule has 1 fully saturated rings. The lowest BCUT2D eigenvalue weighted by molar-refractivity contribution is 0.231. The van der Waals surface area contributed by atoms with Crippen molar-refractivity contribution in [2.75, 3.05) is 4.90 Å². The molecule has 1 saturated heterocycles. The van der Waals surface area contributed by atoms with Crippen LogP contribution < -0.4 is 4.90 Å². The van der Waals surface area contributed by atoms with Crippen molar-refractivity contribution in [3.05, 3.63) is 64.6 Å². The summed E-state index contributed by atoms with van der Waals surface area (Å²) in [5.41, 5.74) is 1.62. The number of amidine groups is 1. The maximum Gasteiger partial charge on any atom is 0.335 e. The second-order valence-corrected chi connectivity index (χ2v) is 6.12. The zero-order chi connectivity index (χ0) is 15.7. The molecule has 4 nitrogen and oxygen atoms in total. The SMILES string of the molecule is N=C1C(=S)N(c2ccc(Br)cc2)C(=O)N1Cc1ccccc1. The smallest absolute Gasteiger partial charge is 0.282 e. The van der Waals surface area contributed by atoms with Crippen LogP contribution in [0.3, 0.4) is 0 Å². The van der Waals surface area contributed by atoms with Crippen molar-refractivity contribution in [2.24, 2.45) is 0 Å². The van der Waals surface area contributed by atoms with Crippen LogP contribution in [0.2, 0.25) is 0 Å². The van der Waals surface area contributed by atoms with Crippen LogP contribution in [0, 0.1) is 5.41 Å². The summed E-state index contributed by atoms with van der Waals surface area (Å²) in [6.07, 6.45) is 0. The van der Waals surface area contributed by atoms with Crippen molar-refractivity contribution < 1.29 is 4.79 Å². The first kappa shape index (κ1) is 14.9. The Bertz CT molecular complexity index is 746. The van der Waals surface area contributed by atoms with Gasteiger partial charge in [-0.2, -0.15) is 0 Å². The fraction of sp³-hybridized carbons (Fsp3) is 0.0625. The van der Waals surface area contributed by atoms with Crippen molar-refractivity contribution in [3.63, 3.8) is 0 Å². The van der Waals surface area contributed by atoms with E-state index in [4.69, 9.17) is 17.6 Å². The van der Waals surface area contributed by atoms with Crippen LogP contribution in [0.4, 0.5) is 10.5 Å². The Labute approximate surface area is 142 Å². The molecule has 1 aliphatic rings. The summed E-state index contributed by atoms with van der Waals surface area (Å²) in [4.78, 5) is 15.6. The molecule has 3 rings (SSSR count). The highest BCUT2D eigenvalue weighted by Crippen LogP contribution is 2.26. The molecule has 0 aliphatic carbocycles. The molecule has 2 amide bonds. The Hall–Kier alpha value is -2.05. The number of rotatable bonds is 3. The number of hydrogen-bond donors (Lipinski definition) is 1. The lowest BCUT2D eigenvalue weighted by atomic mass is 10.2. The van der Waals surface area contributed by atoms with Gasteiger partial charge in [-0.3, -0.25) is 10.3 Å². The van der Waals surface area contributed by atoms with E-state index in [1.165, 1.54) is 9.80 Å². The van der Waals surface area contributed by atoms with E-state index in [9.17, 15) is 4.79 Å². The van der Waals surface area contributed by atoms with Gasteiger partial charge in [-0.15, -0.1) is 0 Å². The van der Waals surface area contributed by atoms with Gasteiger partial charge in [0.25, 0.3) is 0 Å². The fourth-order valence-electron chi connectivity index (χ4n) is 2.26. The molecular weight excluding hydrogens is 362 g/mol. The Morgan fingerprint density at radius 3 is 2.32 bits per heavy atom. The third kappa shape index (κ3) is 2.67. The Morgan fingerprint density at radius 2 is 1.68 bits per heavy atom. The van der Waals surface area contributed by atoms with E-state index in [1.807, 2.05) is 42.5 Å². The molecule has 0 aromatic heterocycles. The van der Waals surface area contributed by atoms with E-state index < -0.39 is 0 Å². The van der Waals surface area contributed by atoms with Gasteiger partial charge in [0.05, 0.1) is 12.2 Å². The number of hydrogen-bond acceptors (Lipinski definition) is 3. The number of thiocarbonyl (C=S) groups is 1. The molecule has 2 aromatic carbocycles. The highest BCUT2D eigenvalue weighted by molar-refractivity contribution is 9.10. The normalized spacial score (nSPS) is 14.9. The number of nitrogens with one attached hydrogen (secondary N) is 1. The third-order valence-corrected chi connectivity index (χ3v) is 4.27. The predicted octanol–water partition coefficient (Wildman–Crippen LogP) is 4.20. The molecule has 1 N–H and O–H groups in total. The van der Waals surface area contributed by atoms with Crippen molar-refractivity contribution in [1.29, 1.82) is 5.41 Å². The number of benzene rings is 2. The van der Waals surface area contributed by atoms with Crippen molar-refractivity contribution >= 4 is 50.7 Å². The number of urea groups is 1. The van der Waals surface area contributed by atoms with Crippen molar-refractivity contribution in [2.45, 2.75) is 6.54 Å². The van der Waals surface area contributed by atoms with Crippen LogP contribution in [0.15, 0.2) is 59.1 Å². The highest BCUT2D eigenvalue weighted by Gasteiger charge is 2.39. The fourth-order valence-corrected chi connectivity index (χ4v) is 2.81. The second kappa shape index (κ2) is 5.98. The van der Waals surface area contributed by atoms with Crippen LogP contribution in [-0.2, 0) is 6.54 Å².